The predicted molar refractivity (Wildman–Crippen MR) is 59.2 cm³/mol. The largest absolute Gasteiger partial charge is 1.00 e. The number of nitrogens with one attached hydrogen (secondary N) is 1. The van der Waals surface area contributed by atoms with E-state index in [1.807, 2.05) is 0 Å². The minimum absolute atomic E-state index is 0. The van der Waals surface area contributed by atoms with E-state index in [-0.39, 0.29) is 54.7 Å². The molecule has 7 nitrogen and oxygen atoms in total. The molecule has 0 fully saturated rings. The van der Waals surface area contributed by atoms with Gasteiger partial charge in [-0.25, -0.2) is 4.79 Å². The van der Waals surface area contributed by atoms with Crippen molar-refractivity contribution in [1.29, 1.82) is 0 Å². The van der Waals surface area contributed by atoms with Crippen LogP contribution in [0, 0.1) is 0 Å². The number of carbonyl (C=O) groups excluding carboxylic acids is 2. The second-order valence-corrected chi connectivity index (χ2v) is 3.53. The maximum atomic E-state index is 11.1. The third-order valence-electron chi connectivity index (χ3n) is 1.95. The Balaban J connectivity index is 0. The van der Waals surface area contributed by atoms with Crippen molar-refractivity contribution in [2.75, 3.05) is 6.61 Å². The topological polar surface area (TPSA) is 116 Å². The minimum Gasteiger partial charge on any atom is -0.548 e. The van der Waals surface area contributed by atoms with Crippen LogP contribution < -0.4 is 40.0 Å². The zero-order valence-electron chi connectivity index (χ0n) is 11.3. The Morgan fingerprint density at radius 3 is 2.42 bits per heavy atom. The summed E-state index contributed by atoms with van der Waals surface area (Å²) >= 11 is 0. The van der Waals surface area contributed by atoms with Crippen LogP contribution in [-0.4, -0.2) is 35.7 Å². The quantitative estimate of drug-likeness (QED) is 0.265. The molecule has 0 bridgehead atoms. The Kier molecular flexibility index (Phi) is 11.6. The average molecular weight is 281 g/mol. The fourth-order valence-electron chi connectivity index (χ4n) is 1.19. The van der Waals surface area contributed by atoms with Crippen LogP contribution in [0.15, 0.2) is 11.8 Å². The molecule has 2 N–H and O–H groups in total. The van der Waals surface area contributed by atoms with Crippen LogP contribution in [0.1, 0.15) is 26.7 Å². The zero-order valence-corrected chi connectivity index (χ0v) is 13.3. The number of esters is 1. The molecular weight excluding hydrogens is 265 g/mol. The fourth-order valence-corrected chi connectivity index (χ4v) is 1.19. The number of carboxylic acid groups (broad SMARTS) is 2. The van der Waals surface area contributed by atoms with Gasteiger partial charge in [0.25, 0.3) is 0 Å². The van der Waals surface area contributed by atoms with E-state index in [1.165, 1.54) is 6.92 Å². The number of rotatable bonds is 8. The van der Waals surface area contributed by atoms with Crippen LogP contribution in [0.4, 0.5) is 0 Å². The second kappa shape index (κ2) is 10.8. The zero-order chi connectivity index (χ0) is 14.1. The molecule has 0 aliphatic rings. The maximum absolute atomic E-state index is 11.1. The summed E-state index contributed by atoms with van der Waals surface area (Å²) in [5.41, 5.74) is 0.271. The first-order valence-electron chi connectivity index (χ1n) is 5.41. The standard InChI is InChI=1S/C11H17NO6.Na/c1-3-18-10(15)6-7(2)12-8(11(16)17)4-5-9(13)14;/h6,8,12H,3-5H2,1-2H3,(H,13,14)(H,16,17);/q;+1/p-1/t8-;/m0./s1. The monoisotopic (exact) mass is 281 g/mol. The van der Waals surface area contributed by atoms with E-state index >= 15 is 0 Å². The second-order valence-electron chi connectivity index (χ2n) is 3.53. The van der Waals surface area contributed by atoms with Gasteiger partial charge in [-0.05, 0) is 20.3 Å². The first-order valence-corrected chi connectivity index (χ1v) is 5.41. The third-order valence-corrected chi connectivity index (χ3v) is 1.95. The minimum atomic E-state index is -1.42. The van der Waals surface area contributed by atoms with Gasteiger partial charge in [0.1, 0.15) is 0 Å². The molecule has 102 valence electrons. The molecule has 0 saturated heterocycles. The Morgan fingerprint density at radius 2 is 2.00 bits per heavy atom. The Labute approximate surface area is 133 Å². The van der Waals surface area contributed by atoms with Gasteiger partial charge >= 0.3 is 41.5 Å². The molecule has 0 rings (SSSR count). The predicted octanol–water partition coefficient (Wildman–Crippen LogP) is -3.97. The van der Waals surface area contributed by atoms with Gasteiger partial charge in [-0.1, -0.05) is 0 Å². The van der Waals surface area contributed by atoms with Crippen molar-refractivity contribution in [3.05, 3.63) is 11.8 Å². The van der Waals surface area contributed by atoms with E-state index in [2.05, 4.69) is 10.1 Å². The van der Waals surface area contributed by atoms with Crippen LogP contribution in [0.5, 0.6) is 0 Å². The summed E-state index contributed by atoms with van der Waals surface area (Å²) in [5.74, 6) is -3.12. The summed E-state index contributed by atoms with van der Waals surface area (Å²) in [4.78, 5) is 32.2. The van der Waals surface area contributed by atoms with Crippen LogP contribution in [0.25, 0.3) is 0 Å². The van der Waals surface area contributed by atoms with E-state index in [4.69, 9.17) is 5.11 Å². The number of hydrogen-bond acceptors (Lipinski definition) is 6. The Hall–Kier alpha value is -1.05. The van der Waals surface area contributed by atoms with Gasteiger partial charge in [-0.15, -0.1) is 0 Å². The molecule has 0 radical (unpaired) electrons. The molecule has 0 aromatic heterocycles. The molecule has 0 aliphatic heterocycles. The van der Waals surface area contributed by atoms with Gasteiger partial charge in [-0.3, -0.25) is 4.79 Å². The van der Waals surface area contributed by atoms with Gasteiger partial charge < -0.3 is 25.1 Å². The summed E-state index contributed by atoms with van der Waals surface area (Å²) in [5, 5.41) is 21.7. The first kappa shape index (κ1) is 20.3. The molecule has 0 spiro atoms. The van der Waals surface area contributed by atoms with Crippen LogP contribution >= 0.6 is 0 Å². The number of carboxylic acids is 2. The van der Waals surface area contributed by atoms with Crippen molar-refractivity contribution in [2.24, 2.45) is 0 Å². The van der Waals surface area contributed by atoms with E-state index in [1.54, 1.807) is 6.92 Å². The molecule has 0 amide bonds. The van der Waals surface area contributed by atoms with Crippen molar-refractivity contribution < 1.29 is 58.9 Å². The Bertz CT molecular complexity index is 355. The fraction of sp³-hybridized carbons (Fsp3) is 0.545. The SMILES string of the molecule is CCOC(=O)C=C(C)N[C@@H](CCC(=O)O)C(=O)[O-].[Na+]. The summed E-state index contributed by atoms with van der Waals surface area (Å²) < 4.78 is 4.64. The molecule has 0 aliphatic carbocycles. The molecule has 8 heteroatoms. The molecular formula is C11H16NNaO6. The third kappa shape index (κ3) is 10.5. The van der Waals surface area contributed by atoms with Crippen molar-refractivity contribution in [1.82, 2.24) is 5.32 Å². The number of ether oxygens (including phenoxy) is 1. The van der Waals surface area contributed by atoms with E-state index in [9.17, 15) is 19.5 Å². The number of allylic oxidation sites excluding steroid dienone is 1. The molecule has 19 heavy (non-hydrogen) atoms. The van der Waals surface area contributed by atoms with Crippen molar-refractivity contribution in [2.45, 2.75) is 32.7 Å². The van der Waals surface area contributed by atoms with E-state index < -0.39 is 23.9 Å². The van der Waals surface area contributed by atoms with Crippen molar-refractivity contribution in [3.63, 3.8) is 0 Å². The number of aliphatic carboxylic acids is 2. The molecule has 0 aromatic rings. The van der Waals surface area contributed by atoms with Crippen LogP contribution in [-0.2, 0) is 19.1 Å². The molecule has 0 heterocycles. The smallest absolute Gasteiger partial charge is 0.548 e. The van der Waals surface area contributed by atoms with Crippen molar-refractivity contribution in [3.8, 4) is 0 Å². The summed E-state index contributed by atoms with van der Waals surface area (Å²) in [7, 11) is 0. The first-order chi connectivity index (χ1) is 8.36. The normalized spacial score (nSPS) is 12.0. The molecule has 0 unspecified atom stereocenters. The summed E-state index contributed by atoms with van der Waals surface area (Å²) in [6.45, 7) is 3.34. The van der Waals surface area contributed by atoms with Crippen molar-refractivity contribution >= 4 is 17.9 Å². The molecule has 0 aromatic carbocycles. The summed E-state index contributed by atoms with van der Waals surface area (Å²) in [6, 6.07) is -1.16. The van der Waals surface area contributed by atoms with Crippen LogP contribution in [0.3, 0.4) is 0 Å². The van der Waals surface area contributed by atoms with Gasteiger partial charge in [0.15, 0.2) is 0 Å². The van der Waals surface area contributed by atoms with Crippen LogP contribution in [0.2, 0.25) is 0 Å². The number of carbonyl (C=O) groups is 3. The van der Waals surface area contributed by atoms with Gasteiger partial charge in [0.05, 0.1) is 18.6 Å². The summed E-state index contributed by atoms with van der Waals surface area (Å²) in [6.07, 6.45) is 0.657. The van der Waals surface area contributed by atoms with Gasteiger partial charge in [0.2, 0.25) is 0 Å². The molecule has 0 saturated carbocycles. The molecule has 1 atom stereocenters. The van der Waals surface area contributed by atoms with E-state index in [0.29, 0.717) is 0 Å². The number of hydrogen-bond donors (Lipinski definition) is 2. The average Bonchev–Trinajstić information content (AvgIpc) is 2.23. The Morgan fingerprint density at radius 1 is 1.42 bits per heavy atom. The van der Waals surface area contributed by atoms with E-state index in [0.717, 1.165) is 6.08 Å². The van der Waals surface area contributed by atoms with Gasteiger partial charge in [-0.2, -0.15) is 0 Å². The van der Waals surface area contributed by atoms with Gasteiger partial charge in [0, 0.05) is 18.2 Å². The maximum Gasteiger partial charge on any atom is 1.00 e.